The van der Waals surface area contributed by atoms with E-state index in [9.17, 15) is 0 Å². The van der Waals surface area contributed by atoms with E-state index in [1.165, 1.54) is 0 Å². The number of hydrogen-bond acceptors (Lipinski definition) is 4. The molecular formula is C14H12IN3O. The van der Waals surface area contributed by atoms with Crippen molar-refractivity contribution in [3.05, 3.63) is 51.4 Å². The summed E-state index contributed by atoms with van der Waals surface area (Å²) < 4.78 is 6.55. The van der Waals surface area contributed by atoms with Crippen LogP contribution >= 0.6 is 22.6 Å². The predicted molar refractivity (Wildman–Crippen MR) is 81.7 cm³/mol. The van der Waals surface area contributed by atoms with E-state index in [1.54, 1.807) is 18.3 Å². The number of hydrogen-bond donors (Lipinski definition) is 1. The first-order valence-corrected chi connectivity index (χ1v) is 6.79. The Morgan fingerprint density at radius 2 is 2.26 bits per heavy atom. The molecule has 2 rings (SSSR count). The van der Waals surface area contributed by atoms with Gasteiger partial charge in [0.05, 0.1) is 27.5 Å². The van der Waals surface area contributed by atoms with Gasteiger partial charge in [0, 0.05) is 18.8 Å². The van der Waals surface area contributed by atoms with Gasteiger partial charge in [0.2, 0.25) is 0 Å². The number of halogens is 1. The van der Waals surface area contributed by atoms with Gasteiger partial charge in [-0.1, -0.05) is 6.07 Å². The molecule has 96 valence electrons. The number of aromatic nitrogens is 1. The van der Waals surface area contributed by atoms with Crippen molar-refractivity contribution in [2.24, 2.45) is 0 Å². The third kappa shape index (κ3) is 3.58. The van der Waals surface area contributed by atoms with Crippen molar-refractivity contribution in [2.45, 2.75) is 6.42 Å². The van der Waals surface area contributed by atoms with Crippen LogP contribution in [0.25, 0.3) is 0 Å². The van der Waals surface area contributed by atoms with Crippen LogP contribution < -0.4 is 10.5 Å². The highest BCUT2D eigenvalue weighted by Gasteiger charge is 2.08. The molecule has 2 aromatic rings. The van der Waals surface area contributed by atoms with Gasteiger partial charge >= 0.3 is 0 Å². The summed E-state index contributed by atoms with van der Waals surface area (Å²) in [7, 11) is 0. The van der Waals surface area contributed by atoms with E-state index in [1.807, 2.05) is 18.3 Å². The number of nitrogen functional groups attached to an aromatic ring is 1. The van der Waals surface area contributed by atoms with Crippen molar-refractivity contribution in [3.63, 3.8) is 0 Å². The van der Waals surface area contributed by atoms with Crippen LogP contribution in [0.15, 0.2) is 36.7 Å². The lowest BCUT2D eigenvalue weighted by Crippen LogP contribution is -2.05. The molecule has 0 atom stereocenters. The molecule has 0 aliphatic carbocycles. The smallest absolute Gasteiger partial charge is 0.155 e. The van der Waals surface area contributed by atoms with Crippen LogP contribution in [0.1, 0.15) is 11.1 Å². The third-order valence-electron chi connectivity index (χ3n) is 2.56. The van der Waals surface area contributed by atoms with Crippen LogP contribution in [0.4, 0.5) is 5.69 Å². The maximum atomic E-state index is 8.85. The molecule has 1 heterocycles. The van der Waals surface area contributed by atoms with Crippen LogP contribution in [-0.4, -0.2) is 11.6 Å². The molecule has 2 N–H and O–H groups in total. The lowest BCUT2D eigenvalue weighted by Gasteiger charge is -2.11. The van der Waals surface area contributed by atoms with Crippen LogP contribution in [0, 0.1) is 14.9 Å². The van der Waals surface area contributed by atoms with Crippen molar-refractivity contribution in [3.8, 4) is 11.8 Å². The fraction of sp³-hybridized carbons (Fsp3) is 0.143. The SMILES string of the molecule is N#Cc1cc(N)c(OCCc2cccnc2)c(I)c1. The first kappa shape index (κ1) is 13.6. The van der Waals surface area contributed by atoms with Gasteiger partial charge in [-0.05, 0) is 46.4 Å². The monoisotopic (exact) mass is 365 g/mol. The van der Waals surface area contributed by atoms with Crippen LogP contribution in [0.3, 0.4) is 0 Å². The molecule has 1 aromatic heterocycles. The highest BCUT2D eigenvalue weighted by molar-refractivity contribution is 14.1. The molecule has 4 nitrogen and oxygen atoms in total. The molecule has 5 heteroatoms. The summed E-state index contributed by atoms with van der Waals surface area (Å²) in [4.78, 5) is 4.05. The van der Waals surface area contributed by atoms with Gasteiger partial charge < -0.3 is 10.5 Å². The van der Waals surface area contributed by atoms with E-state index in [4.69, 9.17) is 15.7 Å². The van der Waals surface area contributed by atoms with Crippen LogP contribution in [0.5, 0.6) is 5.75 Å². The molecule has 0 saturated carbocycles. The molecular weight excluding hydrogens is 353 g/mol. The zero-order valence-electron chi connectivity index (χ0n) is 10.1. The molecule has 0 unspecified atom stereocenters. The van der Waals surface area contributed by atoms with Gasteiger partial charge in [-0.3, -0.25) is 4.98 Å². The summed E-state index contributed by atoms with van der Waals surface area (Å²) in [6.07, 6.45) is 4.33. The molecule has 0 amide bonds. The third-order valence-corrected chi connectivity index (χ3v) is 3.36. The molecule has 0 aliphatic heterocycles. The Morgan fingerprint density at radius 1 is 1.42 bits per heavy atom. The summed E-state index contributed by atoms with van der Waals surface area (Å²) in [5.41, 5.74) is 8.04. The van der Waals surface area contributed by atoms with Crippen molar-refractivity contribution >= 4 is 28.3 Å². The number of nitrogens with two attached hydrogens (primary N) is 1. The Labute approximate surface area is 125 Å². The number of pyridine rings is 1. The zero-order chi connectivity index (χ0) is 13.7. The first-order valence-electron chi connectivity index (χ1n) is 5.71. The van der Waals surface area contributed by atoms with Crippen LogP contribution in [0.2, 0.25) is 0 Å². The van der Waals surface area contributed by atoms with E-state index >= 15 is 0 Å². The van der Waals surface area contributed by atoms with E-state index in [0.29, 0.717) is 23.6 Å². The largest absolute Gasteiger partial charge is 0.490 e. The van der Waals surface area contributed by atoms with Gasteiger partial charge in [0.15, 0.2) is 5.75 Å². The molecule has 0 saturated heterocycles. The number of benzene rings is 1. The quantitative estimate of drug-likeness (QED) is 0.668. The second kappa shape index (κ2) is 6.38. The normalized spacial score (nSPS) is 9.89. The number of ether oxygens (including phenoxy) is 1. The minimum atomic E-state index is 0.495. The Morgan fingerprint density at radius 3 is 2.89 bits per heavy atom. The molecule has 0 fully saturated rings. The molecule has 0 spiro atoms. The average Bonchev–Trinajstić information content (AvgIpc) is 2.42. The molecule has 1 aromatic carbocycles. The molecule has 0 radical (unpaired) electrons. The fourth-order valence-electron chi connectivity index (χ4n) is 1.65. The highest BCUT2D eigenvalue weighted by Crippen LogP contribution is 2.29. The van der Waals surface area contributed by atoms with Crippen LogP contribution in [-0.2, 0) is 6.42 Å². The van der Waals surface area contributed by atoms with Gasteiger partial charge in [-0.15, -0.1) is 0 Å². The van der Waals surface area contributed by atoms with E-state index < -0.39 is 0 Å². The number of nitrogens with zero attached hydrogens (tertiary/aromatic N) is 2. The van der Waals surface area contributed by atoms with Gasteiger partial charge in [-0.2, -0.15) is 5.26 Å². The predicted octanol–water partition coefficient (Wildman–Crippen LogP) is 2.76. The average molecular weight is 365 g/mol. The first-order chi connectivity index (χ1) is 9.20. The summed E-state index contributed by atoms with van der Waals surface area (Å²) in [6.45, 7) is 0.526. The van der Waals surface area contributed by atoms with Gasteiger partial charge in [0.1, 0.15) is 0 Å². The lowest BCUT2D eigenvalue weighted by molar-refractivity contribution is 0.321. The zero-order valence-corrected chi connectivity index (χ0v) is 12.3. The fourth-order valence-corrected chi connectivity index (χ4v) is 2.45. The molecule has 0 bridgehead atoms. The van der Waals surface area contributed by atoms with E-state index in [-0.39, 0.29) is 0 Å². The summed E-state index contributed by atoms with van der Waals surface area (Å²) in [5, 5.41) is 8.85. The van der Waals surface area contributed by atoms with Gasteiger partial charge in [0.25, 0.3) is 0 Å². The maximum absolute atomic E-state index is 8.85. The summed E-state index contributed by atoms with van der Waals surface area (Å²) >= 11 is 2.12. The van der Waals surface area contributed by atoms with Gasteiger partial charge in [-0.25, -0.2) is 0 Å². The van der Waals surface area contributed by atoms with Crippen molar-refractivity contribution in [2.75, 3.05) is 12.3 Å². The minimum absolute atomic E-state index is 0.495. The second-order valence-electron chi connectivity index (χ2n) is 3.95. The molecule has 19 heavy (non-hydrogen) atoms. The number of nitriles is 1. The molecule has 0 aliphatic rings. The van der Waals surface area contributed by atoms with Crippen molar-refractivity contribution in [1.82, 2.24) is 4.98 Å². The van der Waals surface area contributed by atoms with E-state index in [0.717, 1.165) is 15.6 Å². The Hall–Kier alpha value is -1.81. The minimum Gasteiger partial charge on any atom is -0.490 e. The van der Waals surface area contributed by atoms with Crippen molar-refractivity contribution in [1.29, 1.82) is 5.26 Å². The van der Waals surface area contributed by atoms with E-state index in [2.05, 4.69) is 33.6 Å². The maximum Gasteiger partial charge on any atom is 0.155 e. The Kier molecular flexibility index (Phi) is 4.58. The summed E-state index contributed by atoms with van der Waals surface area (Å²) in [6, 6.07) is 9.36. The number of rotatable bonds is 4. The Bertz CT molecular complexity index is 585. The topological polar surface area (TPSA) is 71.9 Å². The number of anilines is 1. The standard InChI is InChI=1S/C14H12IN3O/c15-12-6-11(8-16)7-13(17)14(12)19-5-3-10-2-1-4-18-9-10/h1-2,4,6-7,9H,3,5,17H2. The Balaban J connectivity index is 2.02. The second-order valence-corrected chi connectivity index (χ2v) is 5.11. The summed E-state index contributed by atoms with van der Waals surface area (Å²) in [5.74, 6) is 0.642. The highest BCUT2D eigenvalue weighted by atomic mass is 127. The lowest BCUT2D eigenvalue weighted by atomic mass is 10.2. The van der Waals surface area contributed by atoms with Crippen molar-refractivity contribution < 1.29 is 4.74 Å².